The Labute approximate surface area is 149 Å². The quantitative estimate of drug-likeness (QED) is 0.844. The fourth-order valence-electron chi connectivity index (χ4n) is 3.73. The predicted octanol–water partition coefficient (Wildman–Crippen LogP) is 3.68. The molecule has 4 atom stereocenters. The highest BCUT2D eigenvalue weighted by Gasteiger charge is 2.52. The van der Waals surface area contributed by atoms with E-state index in [0.29, 0.717) is 10.7 Å². The summed E-state index contributed by atoms with van der Waals surface area (Å²) in [6, 6.07) is 5.51. The summed E-state index contributed by atoms with van der Waals surface area (Å²) in [5.41, 5.74) is 1.62. The Bertz CT molecular complexity index is 772. The van der Waals surface area contributed by atoms with Crippen LogP contribution in [0, 0.1) is 5.92 Å². The maximum Gasteiger partial charge on any atom is 0.230 e. The molecule has 1 amide bonds. The van der Waals surface area contributed by atoms with Gasteiger partial charge >= 0.3 is 0 Å². The van der Waals surface area contributed by atoms with Crippen molar-refractivity contribution in [2.75, 3.05) is 5.32 Å². The van der Waals surface area contributed by atoms with Crippen LogP contribution in [0.15, 0.2) is 36.8 Å². The molecular weight excluding hydrogens is 349 g/mol. The molecule has 2 aromatic rings. The molecule has 1 N–H and O–H groups in total. The molecule has 0 saturated carbocycles. The summed E-state index contributed by atoms with van der Waals surface area (Å²) >= 11 is 11.8. The molecule has 0 radical (unpaired) electrons. The Morgan fingerprint density at radius 2 is 1.96 bits per heavy atom. The summed E-state index contributed by atoms with van der Waals surface area (Å²) in [5.74, 6) is -0.271. The van der Waals surface area contributed by atoms with E-state index in [4.69, 9.17) is 27.9 Å². The predicted molar refractivity (Wildman–Crippen MR) is 91.2 cm³/mol. The zero-order chi connectivity index (χ0) is 16.7. The molecule has 2 aliphatic heterocycles. The van der Waals surface area contributed by atoms with Gasteiger partial charge < -0.3 is 10.1 Å². The van der Waals surface area contributed by atoms with Crippen LogP contribution in [0.1, 0.15) is 24.3 Å². The third-order valence-corrected chi connectivity index (χ3v) is 5.42. The molecular formula is C17H15Cl2N3O2. The molecule has 0 aliphatic carbocycles. The number of halogens is 2. The summed E-state index contributed by atoms with van der Waals surface area (Å²) in [7, 11) is 0. The SMILES string of the molecule is O=C(Nc1cnc(Cl)c(Cl)c1)[C@@H]1C(c2ccncc2)[C@H]2CC[C@@H]1O2. The minimum Gasteiger partial charge on any atom is -0.373 e. The summed E-state index contributed by atoms with van der Waals surface area (Å²) < 4.78 is 6.01. The van der Waals surface area contributed by atoms with Crippen molar-refractivity contribution in [1.82, 2.24) is 9.97 Å². The topological polar surface area (TPSA) is 64.1 Å². The fraction of sp³-hybridized carbons (Fsp3) is 0.353. The van der Waals surface area contributed by atoms with Crippen LogP contribution in [0.4, 0.5) is 5.69 Å². The van der Waals surface area contributed by atoms with Gasteiger partial charge in [-0.25, -0.2) is 4.98 Å². The van der Waals surface area contributed by atoms with Gasteiger partial charge in [-0.2, -0.15) is 0 Å². The van der Waals surface area contributed by atoms with Crippen molar-refractivity contribution in [3.63, 3.8) is 0 Å². The van der Waals surface area contributed by atoms with Gasteiger partial charge in [0.1, 0.15) is 5.15 Å². The minimum absolute atomic E-state index is 0.0440. The number of carbonyl (C=O) groups excluding carboxylic acids is 1. The first-order chi connectivity index (χ1) is 11.6. The second-order valence-electron chi connectivity index (χ2n) is 6.11. The first-order valence-corrected chi connectivity index (χ1v) is 8.56. The molecule has 1 unspecified atom stereocenters. The minimum atomic E-state index is -0.236. The molecule has 4 rings (SSSR count). The van der Waals surface area contributed by atoms with E-state index in [2.05, 4.69) is 15.3 Å². The van der Waals surface area contributed by atoms with Crippen molar-refractivity contribution >= 4 is 34.8 Å². The number of ether oxygens (including phenoxy) is 1. The average Bonchev–Trinajstić information content (AvgIpc) is 3.20. The first-order valence-electron chi connectivity index (χ1n) is 7.81. The second-order valence-corrected chi connectivity index (χ2v) is 6.87. The van der Waals surface area contributed by atoms with E-state index >= 15 is 0 Å². The van der Waals surface area contributed by atoms with Crippen LogP contribution in [0.25, 0.3) is 0 Å². The lowest BCUT2D eigenvalue weighted by molar-refractivity contribution is -0.121. The van der Waals surface area contributed by atoms with Crippen LogP contribution in [-0.2, 0) is 9.53 Å². The van der Waals surface area contributed by atoms with Crippen molar-refractivity contribution in [2.24, 2.45) is 5.92 Å². The lowest BCUT2D eigenvalue weighted by Crippen LogP contribution is -2.36. The number of nitrogens with zero attached hydrogens (tertiary/aromatic N) is 2. The highest BCUT2D eigenvalue weighted by atomic mass is 35.5. The maximum atomic E-state index is 12.9. The first kappa shape index (κ1) is 15.8. The van der Waals surface area contributed by atoms with E-state index in [1.54, 1.807) is 18.5 Å². The maximum absolute atomic E-state index is 12.9. The molecule has 24 heavy (non-hydrogen) atoms. The van der Waals surface area contributed by atoms with Crippen LogP contribution < -0.4 is 5.32 Å². The van der Waals surface area contributed by atoms with Crippen molar-refractivity contribution in [3.8, 4) is 0 Å². The highest BCUT2D eigenvalue weighted by molar-refractivity contribution is 6.41. The van der Waals surface area contributed by atoms with E-state index in [1.807, 2.05) is 12.1 Å². The fourth-order valence-corrected chi connectivity index (χ4v) is 4.00. The smallest absolute Gasteiger partial charge is 0.230 e. The molecule has 4 heterocycles. The number of amides is 1. The number of hydrogen-bond donors (Lipinski definition) is 1. The summed E-state index contributed by atoms with van der Waals surface area (Å²) in [4.78, 5) is 20.9. The van der Waals surface area contributed by atoms with Crippen molar-refractivity contribution in [3.05, 3.63) is 52.5 Å². The Balaban J connectivity index is 1.59. The molecule has 5 nitrogen and oxygen atoms in total. The summed E-state index contributed by atoms with van der Waals surface area (Å²) in [6.07, 6.45) is 6.92. The van der Waals surface area contributed by atoms with Gasteiger partial charge in [-0.1, -0.05) is 23.2 Å². The number of fused-ring (bicyclic) bond motifs is 2. The zero-order valence-corrected chi connectivity index (χ0v) is 14.2. The van der Waals surface area contributed by atoms with E-state index in [0.717, 1.165) is 18.4 Å². The lowest BCUT2D eigenvalue weighted by Gasteiger charge is -2.27. The highest BCUT2D eigenvalue weighted by Crippen LogP contribution is 2.49. The monoisotopic (exact) mass is 363 g/mol. The van der Waals surface area contributed by atoms with Crippen molar-refractivity contribution < 1.29 is 9.53 Å². The van der Waals surface area contributed by atoms with Gasteiger partial charge in [0.05, 0.1) is 35.0 Å². The normalized spacial score (nSPS) is 28.1. The number of anilines is 1. The van der Waals surface area contributed by atoms with Gasteiger partial charge in [0.25, 0.3) is 0 Å². The molecule has 2 aromatic heterocycles. The summed E-state index contributed by atoms with van der Waals surface area (Å²) in [6.45, 7) is 0. The van der Waals surface area contributed by atoms with Gasteiger partial charge in [0.15, 0.2) is 0 Å². The van der Waals surface area contributed by atoms with Gasteiger partial charge in [-0.15, -0.1) is 0 Å². The lowest BCUT2D eigenvalue weighted by atomic mass is 9.75. The molecule has 124 valence electrons. The molecule has 7 heteroatoms. The van der Waals surface area contributed by atoms with E-state index in [-0.39, 0.29) is 35.1 Å². The van der Waals surface area contributed by atoms with Crippen LogP contribution in [0.5, 0.6) is 0 Å². The number of rotatable bonds is 3. The van der Waals surface area contributed by atoms with Crippen LogP contribution in [-0.4, -0.2) is 28.1 Å². The van der Waals surface area contributed by atoms with Crippen LogP contribution in [0.2, 0.25) is 10.2 Å². The zero-order valence-electron chi connectivity index (χ0n) is 12.7. The van der Waals surface area contributed by atoms with E-state index in [9.17, 15) is 4.79 Å². The molecule has 2 saturated heterocycles. The van der Waals surface area contributed by atoms with Crippen molar-refractivity contribution in [2.45, 2.75) is 31.0 Å². The number of aromatic nitrogens is 2. The third-order valence-electron chi connectivity index (χ3n) is 4.73. The Kier molecular flexibility index (Phi) is 4.16. The van der Waals surface area contributed by atoms with Gasteiger partial charge in [-0.05, 0) is 36.6 Å². The van der Waals surface area contributed by atoms with E-state index in [1.165, 1.54) is 6.20 Å². The number of pyridine rings is 2. The van der Waals surface area contributed by atoms with Gasteiger partial charge in [0.2, 0.25) is 5.91 Å². The van der Waals surface area contributed by atoms with Crippen LogP contribution in [0.3, 0.4) is 0 Å². The standard InChI is InChI=1S/C17H15Cl2N3O2/c18-11-7-10(8-21-16(11)19)22-17(23)15-13-2-1-12(24-13)14(15)9-3-5-20-6-4-9/h3-8,12-15H,1-2H2,(H,22,23)/t12-,13+,14?,15+/m1/s1. The molecule has 0 spiro atoms. The molecule has 2 bridgehead atoms. The average molecular weight is 364 g/mol. The molecule has 2 fully saturated rings. The molecule has 2 aliphatic rings. The van der Waals surface area contributed by atoms with Gasteiger partial charge in [0, 0.05) is 18.3 Å². The largest absolute Gasteiger partial charge is 0.373 e. The Hall–Kier alpha value is -1.69. The molecule has 0 aromatic carbocycles. The number of nitrogens with one attached hydrogen (secondary N) is 1. The Morgan fingerprint density at radius 3 is 2.71 bits per heavy atom. The van der Waals surface area contributed by atoms with Gasteiger partial charge in [-0.3, -0.25) is 9.78 Å². The second kappa shape index (κ2) is 6.31. The summed E-state index contributed by atoms with van der Waals surface area (Å²) in [5, 5.41) is 3.42. The Morgan fingerprint density at radius 1 is 1.21 bits per heavy atom. The number of hydrogen-bond acceptors (Lipinski definition) is 4. The van der Waals surface area contributed by atoms with Crippen LogP contribution >= 0.6 is 23.2 Å². The third kappa shape index (κ3) is 2.77. The van der Waals surface area contributed by atoms with Crippen molar-refractivity contribution in [1.29, 1.82) is 0 Å². The number of carbonyl (C=O) groups is 1. The van der Waals surface area contributed by atoms with E-state index < -0.39 is 0 Å².